The number of nitro benzene ring substituents is 1. The summed E-state index contributed by atoms with van der Waals surface area (Å²) in [5, 5.41) is 11.5. The number of fused-ring (bicyclic) bond motifs is 1. The fourth-order valence-electron chi connectivity index (χ4n) is 2.78. The van der Waals surface area contributed by atoms with E-state index in [2.05, 4.69) is 4.98 Å². The number of H-pyrrole nitrogens is 1. The van der Waals surface area contributed by atoms with Crippen LogP contribution < -0.4 is 5.73 Å². The lowest BCUT2D eigenvalue weighted by Crippen LogP contribution is -2.07. The molecule has 3 aromatic rings. The maximum Gasteiger partial charge on any atom is 0.338 e. The topological polar surface area (TPSA) is 128 Å². The Bertz CT molecular complexity index is 1090. The Morgan fingerprint density at radius 2 is 2.04 bits per heavy atom. The number of ether oxygens (including phenoxy) is 1. The first-order valence-electron chi connectivity index (χ1n) is 7.90. The van der Waals surface area contributed by atoms with E-state index in [1.54, 1.807) is 6.92 Å². The molecule has 0 fully saturated rings. The van der Waals surface area contributed by atoms with Gasteiger partial charge >= 0.3 is 5.97 Å². The molecule has 0 aliphatic carbocycles. The molecule has 3 N–H and O–H groups in total. The number of benzene rings is 2. The molecule has 27 heavy (non-hydrogen) atoms. The van der Waals surface area contributed by atoms with Crippen LogP contribution in [0.15, 0.2) is 36.4 Å². The zero-order valence-electron chi connectivity index (χ0n) is 14.1. The third-order valence-electron chi connectivity index (χ3n) is 3.94. The summed E-state index contributed by atoms with van der Waals surface area (Å²) in [5.41, 5.74) is 6.57. The molecule has 0 aliphatic heterocycles. The highest BCUT2D eigenvalue weighted by Gasteiger charge is 2.23. The number of rotatable bonds is 5. The number of nitrogens with one attached hydrogen (secondary N) is 1. The molecule has 0 saturated carbocycles. The van der Waals surface area contributed by atoms with Gasteiger partial charge in [-0.1, -0.05) is 23.7 Å². The lowest BCUT2D eigenvalue weighted by atomic mass is 10.0. The number of nitrogens with two attached hydrogens (primary N) is 1. The number of ketones is 1. The Labute approximate surface area is 158 Å². The van der Waals surface area contributed by atoms with Crippen molar-refractivity contribution >= 4 is 45.6 Å². The van der Waals surface area contributed by atoms with Crippen molar-refractivity contribution in [3.8, 4) is 0 Å². The molecule has 0 radical (unpaired) electrons. The maximum atomic E-state index is 12.8. The lowest BCUT2D eigenvalue weighted by molar-refractivity contribution is -0.384. The second-order valence-electron chi connectivity index (χ2n) is 5.65. The van der Waals surface area contributed by atoms with Gasteiger partial charge in [-0.25, -0.2) is 4.79 Å². The van der Waals surface area contributed by atoms with Gasteiger partial charge in [-0.05, 0) is 19.1 Å². The number of esters is 1. The summed E-state index contributed by atoms with van der Waals surface area (Å²) in [5.74, 6) is -1.16. The van der Waals surface area contributed by atoms with Gasteiger partial charge in [0.25, 0.3) is 5.69 Å². The average molecular weight is 388 g/mol. The summed E-state index contributed by atoms with van der Waals surface area (Å²) in [6.45, 7) is 1.83. The van der Waals surface area contributed by atoms with Gasteiger partial charge in [0.2, 0.25) is 5.78 Å². The van der Waals surface area contributed by atoms with Crippen molar-refractivity contribution in [2.75, 3.05) is 12.3 Å². The molecule has 0 amide bonds. The number of anilines is 1. The quantitative estimate of drug-likeness (QED) is 0.297. The molecular formula is C18H14ClN3O5. The van der Waals surface area contributed by atoms with Crippen LogP contribution in [0.4, 0.5) is 11.4 Å². The zero-order valence-corrected chi connectivity index (χ0v) is 14.9. The molecule has 0 aliphatic rings. The molecule has 3 rings (SSSR count). The van der Waals surface area contributed by atoms with Crippen LogP contribution in [0.2, 0.25) is 5.02 Å². The lowest BCUT2D eigenvalue weighted by Gasteiger charge is -2.05. The number of halogens is 1. The summed E-state index contributed by atoms with van der Waals surface area (Å²) < 4.78 is 5.02. The van der Waals surface area contributed by atoms with E-state index in [4.69, 9.17) is 22.1 Å². The number of aromatic amines is 1. The molecule has 0 saturated heterocycles. The van der Waals surface area contributed by atoms with Crippen molar-refractivity contribution in [2.24, 2.45) is 0 Å². The van der Waals surface area contributed by atoms with E-state index in [0.29, 0.717) is 10.9 Å². The van der Waals surface area contributed by atoms with E-state index >= 15 is 0 Å². The highest BCUT2D eigenvalue weighted by atomic mass is 35.5. The van der Waals surface area contributed by atoms with Crippen LogP contribution in [-0.2, 0) is 4.74 Å². The number of nitrogens with zero attached hydrogens (tertiary/aromatic N) is 1. The van der Waals surface area contributed by atoms with Gasteiger partial charge in [-0.15, -0.1) is 0 Å². The molecule has 8 nitrogen and oxygen atoms in total. The highest BCUT2D eigenvalue weighted by molar-refractivity contribution is 6.32. The van der Waals surface area contributed by atoms with Crippen LogP contribution in [0.3, 0.4) is 0 Å². The minimum absolute atomic E-state index is 0.0123. The average Bonchev–Trinajstić information content (AvgIpc) is 2.97. The standard InChI is InChI=1S/C18H14ClN3O5/c1-2-27-18(24)12-7-10(19)8-13-14(12)15(20)16(21-13)17(23)9-4-3-5-11(6-9)22(25)26/h3-8,21H,2,20H2,1H3. The normalized spacial score (nSPS) is 10.7. The van der Waals surface area contributed by atoms with Crippen molar-refractivity contribution in [1.29, 1.82) is 0 Å². The number of nitro groups is 1. The van der Waals surface area contributed by atoms with Crippen LogP contribution in [0.5, 0.6) is 0 Å². The second-order valence-corrected chi connectivity index (χ2v) is 6.08. The van der Waals surface area contributed by atoms with E-state index in [9.17, 15) is 19.7 Å². The summed E-state index contributed by atoms with van der Waals surface area (Å²) in [4.78, 5) is 38.2. The van der Waals surface area contributed by atoms with Gasteiger partial charge < -0.3 is 15.5 Å². The van der Waals surface area contributed by atoms with Crippen molar-refractivity contribution in [1.82, 2.24) is 4.98 Å². The van der Waals surface area contributed by atoms with Gasteiger partial charge in [-0.3, -0.25) is 14.9 Å². The van der Waals surface area contributed by atoms with Crippen molar-refractivity contribution in [3.63, 3.8) is 0 Å². The summed E-state index contributed by atoms with van der Waals surface area (Å²) in [6, 6.07) is 8.23. The molecule has 1 heterocycles. The number of hydrogen-bond acceptors (Lipinski definition) is 6. The molecular weight excluding hydrogens is 374 g/mol. The van der Waals surface area contributed by atoms with Gasteiger partial charge in [0.1, 0.15) is 5.69 Å². The predicted molar refractivity (Wildman–Crippen MR) is 100 cm³/mol. The Morgan fingerprint density at radius 3 is 2.70 bits per heavy atom. The van der Waals surface area contributed by atoms with E-state index < -0.39 is 16.7 Å². The first kappa shape index (κ1) is 18.4. The molecule has 2 aromatic carbocycles. The Hall–Kier alpha value is -3.39. The molecule has 0 unspecified atom stereocenters. The summed E-state index contributed by atoms with van der Waals surface area (Å²) in [7, 11) is 0. The second kappa shape index (κ2) is 7.08. The van der Waals surface area contributed by atoms with Gasteiger partial charge in [-0.2, -0.15) is 0 Å². The Balaban J connectivity index is 2.16. The minimum atomic E-state index is -0.620. The summed E-state index contributed by atoms with van der Waals surface area (Å²) in [6.07, 6.45) is 0. The number of non-ortho nitro benzene ring substituents is 1. The largest absolute Gasteiger partial charge is 0.462 e. The third-order valence-corrected chi connectivity index (χ3v) is 4.16. The smallest absolute Gasteiger partial charge is 0.338 e. The molecule has 0 atom stereocenters. The number of carbonyl (C=O) groups excluding carboxylic acids is 2. The number of hydrogen-bond donors (Lipinski definition) is 2. The molecule has 9 heteroatoms. The predicted octanol–water partition coefficient (Wildman–Crippen LogP) is 3.72. The van der Waals surface area contributed by atoms with Gasteiger partial charge in [0.05, 0.1) is 28.3 Å². The van der Waals surface area contributed by atoms with Crippen LogP contribution in [0.25, 0.3) is 10.9 Å². The molecule has 0 bridgehead atoms. The maximum absolute atomic E-state index is 12.8. The highest BCUT2D eigenvalue weighted by Crippen LogP contribution is 2.33. The Morgan fingerprint density at radius 1 is 1.30 bits per heavy atom. The van der Waals surface area contributed by atoms with E-state index in [-0.39, 0.29) is 39.8 Å². The monoisotopic (exact) mass is 387 g/mol. The van der Waals surface area contributed by atoms with E-state index in [0.717, 1.165) is 6.07 Å². The first-order valence-corrected chi connectivity index (χ1v) is 8.28. The van der Waals surface area contributed by atoms with E-state index in [1.165, 1.54) is 30.3 Å². The third kappa shape index (κ3) is 3.34. The Kier molecular flexibility index (Phi) is 4.83. The number of nitrogen functional groups attached to an aromatic ring is 1. The van der Waals surface area contributed by atoms with Crippen molar-refractivity contribution in [2.45, 2.75) is 6.92 Å². The van der Waals surface area contributed by atoms with Crippen molar-refractivity contribution < 1.29 is 19.2 Å². The van der Waals surface area contributed by atoms with Crippen LogP contribution >= 0.6 is 11.6 Å². The minimum Gasteiger partial charge on any atom is -0.462 e. The van der Waals surface area contributed by atoms with Gasteiger partial charge in [0.15, 0.2) is 0 Å². The van der Waals surface area contributed by atoms with Gasteiger partial charge in [0, 0.05) is 28.1 Å². The number of aromatic nitrogens is 1. The SMILES string of the molecule is CCOC(=O)c1cc(Cl)cc2[nH]c(C(=O)c3cccc([N+](=O)[O-])c3)c(N)c12. The molecule has 0 spiro atoms. The first-order chi connectivity index (χ1) is 12.8. The van der Waals surface area contributed by atoms with Crippen LogP contribution in [-0.4, -0.2) is 28.3 Å². The fraction of sp³-hybridized carbons (Fsp3) is 0.111. The molecule has 1 aromatic heterocycles. The number of carbonyl (C=O) groups is 2. The zero-order chi connectivity index (χ0) is 19.7. The molecule has 138 valence electrons. The summed E-state index contributed by atoms with van der Waals surface area (Å²) >= 11 is 6.05. The van der Waals surface area contributed by atoms with Crippen LogP contribution in [0.1, 0.15) is 33.3 Å². The fourth-order valence-corrected chi connectivity index (χ4v) is 2.99. The van der Waals surface area contributed by atoms with Crippen LogP contribution in [0, 0.1) is 10.1 Å². The van der Waals surface area contributed by atoms with Crippen molar-refractivity contribution in [3.05, 3.63) is 68.4 Å². The van der Waals surface area contributed by atoms with E-state index in [1.807, 2.05) is 0 Å².